The maximum absolute atomic E-state index is 13.5. The summed E-state index contributed by atoms with van der Waals surface area (Å²) in [7, 11) is 3.68. The van der Waals surface area contributed by atoms with Crippen LogP contribution in [0.15, 0.2) is 105 Å². The highest BCUT2D eigenvalue weighted by Gasteiger charge is 2.30. The van der Waals surface area contributed by atoms with E-state index in [0.717, 1.165) is 17.8 Å². The first-order valence-corrected chi connectivity index (χ1v) is 20.5. The molecular formula is C49H32Cl2N4O12. The predicted octanol–water partition coefficient (Wildman–Crippen LogP) is 7.78. The van der Waals surface area contributed by atoms with Gasteiger partial charge in [-0.3, -0.25) is 14.4 Å². The molecular weight excluding hydrogens is 907 g/mol. The number of nitrogens with zero attached hydrogens (tertiary/aromatic N) is 1. The number of amides is 2. The van der Waals surface area contributed by atoms with E-state index in [0.29, 0.717) is 27.7 Å². The van der Waals surface area contributed by atoms with E-state index in [1.54, 1.807) is 18.2 Å². The first kappa shape index (κ1) is 44.9. The summed E-state index contributed by atoms with van der Waals surface area (Å²) in [6, 6.07) is 21.3. The number of anilines is 1. The molecule has 0 bridgehead atoms. The SMILES string of the molecule is CN(C)c1ccc2c(-c3c(Cl)cc(C(=O)NCC#CC(=O)NCc4c(O)ccc5c(-c6ccc(C(=O)O)cc6C(=O)O)c6ccc(=O)cc-6oc45)c(Cl)c3C(=O)O)c3ccc(=N)cc-3oc2c1. The Kier molecular flexibility index (Phi) is 11.9. The summed E-state index contributed by atoms with van der Waals surface area (Å²) in [6.45, 7) is -0.810. The molecule has 2 aliphatic heterocycles. The van der Waals surface area contributed by atoms with E-state index in [4.69, 9.17) is 37.4 Å². The van der Waals surface area contributed by atoms with Gasteiger partial charge in [-0.25, -0.2) is 14.4 Å². The van der Waals surface area contributed by atoms with Gasteiger partial charge in [-0.05, 0) is 78.2 Å². The number of carbonyl (C=O) groups excluding carboxylic acids is 2. The molecule has 4 aliphatic rings. The van der Waals surface area contributed by atoms with Crippen LogP contribution < -0.4 is 26.3 Å². The molecule has 4 aromatic carbocycles. The maximum atomic E-state index is 13.5. The van der Waals surface area contributed by atoms with Crippen molar-refractivity contribution in [3.05, 3.63) is 144 Å². The standard InChI is InChI=1S/C49H32Cl2N4O12/c1-55(2)24-7-11-29-37(18-24)66-36-17-23(52)6-10-28(36)41(29)42-34(50)20-32(44(51)43(42)49(64)65)46(59)53-15-3-4-39(58)54-21-33-35(57)14-13-30-40(27-12-8-25(56)19-38(27)67-45(30)33)26-9-5-22(47(60)61)16-31(26)48(62)63/h5-14,16-20,52,57H,15,21H2,1-2H3,(H,53,59)(H,54,58)(H,60,61)(H,62,63)(H,64,65). The van der Waals surface area contributed by atoms with Gasteiger partial charge in [0.2, 0.25) is 0 Å². The number of halogens is 2. The zero-order valence-electron chi connectivity index (χ0n) is 34.8. The third-order valence-corrected chi connectivity index (χ3v) is 11.5. The Morgan fingerprint density at radius 3 is 2.13 bits per heavy atom. The zero-order chi connectivity index (χ0) is 48.0. The van der Waals surface area contributed by atoms with Gasteiger partial charge < -0.3 is 50.2 Å². The third kappa shape index (κ3) is 8.43. The van der Waals surface area contributed by atoms with Crippen molar-refractivity contribution in [2.75, 3.05) is 25.5 Å². The molecule has 0 saturated heterocycles. The Morgan fingerprint density at radius 1 is 0.716 bits per heavy atom. The topological polar surface area (TPSA) is 261 Å². The van der Waals surface area contributed by atoms with Crippen LogP contribution in [0.2, 0.25) is 10.0 Å². The van der Waals surface area contributed by atoms with Gasteiger partial charge in [0.1, 0.15) is 28.4 Å². The summed E-state index contributed by atoms with van der Waals surface area (Å²) in [4.78, 5) is 77.8. The van der Waals surface area contributed by atoms with E-state index < -0.39 is 58.8 Å². The number of hydrogen-bond donors (Lipinski definition) is 7. The van der Waals surface area contributed by atoms with E-state index >= 15 is 0 Å². The molecule has 0 atom stereocenters. The van der Waals surface area contributed by atoms with Crippen LogP contribution >= 0.6 is 23.2 Å². The summed E-state index contributed by atoms with van der Waals surface area (Å²) in [5, 5.41) is 54.6. The third-order valence-electron chi connectivity index (χ3n) is 10.8. The normalized spacial score (nSPS) is 11.0. The number of aromatic hydroxyl groups is 1. The van der Waals surface area contributed by atoms with Crippen molar-refractivity contribution in [2.45, 2.75) is 6.54 Å². The Labute approximate surface area is 387 Å². The van der Waals surface area contributed by atoms with Crippen LogP contribution in [-0.2, 0) is 11.3 Å². The van der Waals surface area contributed by atoms with Crippen LogP contribution in [0.3, 0.4) is 0 Å². The summed E-state index contributed by atoms with van der Waals surface area (Å²) >= 11 is 13.6. The molecule has 0 fully saturated rings. The molecule has 67 heavy (non-hydrogen) atoms. The molecule has 4 aromatic rings. The average Bonchev–Trinajstić information content (AvgIpc) is 3.28. The summed E-state index contributed by atoms with van der Waals surface area (Å²) < 4.78 is 12.3. The van der Waals surface area contributed by atoms with E-state index in [1.807, 2.05) is 25.1 Å². The first-order chi connectivity index (χ1) is 31.9. The second-order valence-corrected chi connectivity index (χ2v) is 15.9. The van der Waals surface area contributed by atoms with Crippen LogP contribution in [0.5, 0.6) is 5.75 Å². The summed E-state index contributed by atoms with van der Waals surface area (Å²) in [5.41, 5.74) is 0.750. The van der Waals surface area contributed by atoms with Crippen molar-refractivity contribution in [1.82, 2.24) is 10.6 Å². The van der Waals surface area contributed by atoms with Crippen LogP contribution in [-0.4, -0.2) is 70.8 Å². The van der Waals surface area contributed by atoms with Gasteiger partial charge in [-0.15, -0.1) is 0 Å². The molecule has 334 valence electrons. The van der Waals surface area contributed by atoms with Crippen molar-refractivity contribution in [1.29, 1.82) is 5.41 Å². The van der Waals surface area contributed by atoms with Crippen molar-refractivity contribution >= 4 is 80.6 Å². The highest BCUT2D eigenvalue weighted by atomic mass is 35.5. The fourth-order valence-electron chi connectivity index (χ4n) is 7.73. The van der Waals surface area contributed by atoms with Gasteiger partial charge >= 0.3 is 17.9 Å². The minimum absolute atomic E-state index is 0.00830. The van der Waals surface area contributed by atoms with Gasteiger partial charge in [-0.1, -0.05) is 35.2 Å². The minimum atomic E-state index is -1.49. The molecule has 0 spiro atoms. The second-order valence-electron chi connectivity index (χ2n) is 15.2. The number of carboxylic acid groups (broad SMARTS) is 3. The minimum Gasteiger partial charge on any atom is -0.507 e. The summed E-state index contributed by atoms with van der Waals surface area (Å²) in [6.07, 6.45) is 0. The molecule has 2 heterocycles. The lowest BCUT2D eigenvalue weighted by atomic mass is 9.89. The van der Waals surface area contributed by atoms with Gasteiger partial charge in [0.05, 0.1) is 56.3 Å². The fourth-order valence-corrected chi connectivity index (χ4v) is 8.35. The molecule has 16 nitrogen and oxygen atoms in total. The largest absolute Gasteiger partial charge is 0.507 e. The monoisotopic (exact) mass is 938 g/mol. The molecule has 2 amide bonds. The van der Waals surface area contributed by atoms with E-state index in [1.165, 1.54) is 54.6 Å². The average molecular weight is 940 g/mol. The van der Waals surface area contributed by atoms with Gasteiger partial charge in [0.15, 0.2) is 5.43 Å². The lowest BCUT2D eigenvalue weighted by Crippen LogP contribution is -2.25. The number of benzene rings is 6. The number of nitrogens with one attached hydrogen (secondary N) is 3. The molecule has 8 rings (SSSR count). The van der Waals surface area contributed by atoms with Gasteiger partial charge in [0.25, 0.3) is 11.8 Å². The smallest absolute Gasteiger partial charge is 0.337 e. The number of phenolic OH excluding ortho intramolecular Hbond substituents is 1. The number of carbonyl (C=O) groups is 5. The quantitative estimate of drug-likeness (QED) is 0.0511. The number of rotatable bonds is 10. The zero-order valence-corrected chi connectivity index (χ0v) is 36.3. The molecule has 0 aromatic heterocycles. The van der Waals surface area contributed by atoms with E-state index in [2.05, 4.69) is 22.5 Å². The van der Waals surface area contributed by atoms with Crippen molar-refractivity contribution in [2.24, 2.45) is 0 Å². The van der Waals surface area contributed by atoms with Crippen LogP contribution in [0.1, 0.15) is 47.0 Å². The highest BCUT2D eigenvalue weighted by Crippen LogP contribution is 2.47. The molecule has 0 unspecified atom stereocenters. The number of phenols is 1. The van der Waals surface area contributed by atoms with Crippen LogP contribution in [0.25, 0.3) is 66.8 Å². The van der Waals surface area contributed by atoms with Crippen molar-refractivity contribution < 1.29 is 53.2 Å². The Hall–Kier alpha value is -8.65. The highest BCUT2D eigenvalue weighted by molar-refractivity contribution is 6.41. The summed E-state index contributed by atoms with van der Waals surface area (Å²) in [5.74, 6) is -1.24. The Morgan fingerprint density at radius 2 is 1.42 bits per heavy atom. The lowest BCUT2D eigenvalue weighted by molar-refractivity contribution is -0.115. The van der Waals surface area contributed by atoms with E-state index in [9.17, 15) is 49.2 Å². The molecule has 0 radical (unpaired) electrons. The van der Waals surface area contributed by atoms with E-state index in [-0.39, 0.29) is 77.6 Å². The molecule has 7 N–H and O–H groups in total. The lowest BCUT2D eigenvalue weighted by Gasteiger charge is -2.21. The molecule has 18 heteroatoms. The Bertz CT molecular complexity index is 3590. The number of carboxylic acids is 3. The second kappa shape index (κ2) is 17.7. The maximum Gasteiger partial charge on any atom is 0.337 e. The van der Waals surface area contributed by atoms with Crippen molar-refractivity contribution in [3.63, 3.8) is 0 Å². The number of aromatic carboxylic acids is 3. The first-order valence-electron chi connectivity index (χ1n) is 19.8. The predicted molar refractivity (Wildman–Crippen MR) is 248 cm³/mol. The van der Waals surface area contributed by atoms with Gasteiger partial charge in [-0.2, -0.15) is 0 Å². The Balaban J connectivity index is 1.06. The van der Waals surface area contributed by atoms with Crippen LogP contribution in [0.4, 0.5) is 5.69 Å². The van der Waals surface area contributed by atoms with Gasteiger partial charge in [0, 0.05) is 76.6 Å². The number of fused-ring (bicyclic) bond motifs is 4. The number of hydrogen-bond acceptors (Lipinski definition) is 11. The fraction of sp³-hybridized carbons (Fsp3) is 0.0816. The molecule has 0 saturated carbocycles. The van der Waals surface area contributed by atoms with Crippen LogP contribution in [0, 0.1) is 17.3 Å². The molecule has 2 aliphatic carbocycles. The van der Waals surface area contributed by atoms with Crippen molar-refractivity contribution in [3.8, 4) is 62.5 Å².